The second-order valence-electron chi connectivity index (χ2n) is 8.37. The number of aliphatic hydroxyl groups excluding tert-OH is 1. The van der Waals surface area contributed by atoms with E-state index in [9.17, 15) is 19.1 Å². The van der Waals surface area contributed by atoms with Crippen LogP contribution in [0, 0.1) is 12.7 Å². The first-order valence-corrected chi connectivity index (χ1v) is 11.1. The predicted molar refractivity (Wildman–Crippen MR) is 122 cm³/mol. The predicted octanol–water partition coefficient (Wildman–Crippen LogP) is 5.53. The molecule has 0 radical (unpaired) electrons. The first-order valence-electron chi connectivity index (χ1n) is 11.1. The Balaban J connectivity index is 2.11. The van der Waals surface area contributed by atoms with Gasteiger partial charge in [-0.2, -0.15) is 0 Å². The topological polar surface area (TPSA) is 66.8 Å². The standard InChI is InChI=1S/C26H30FNO4/c1-5-6-9-14-28-23(19-10-7-8-11-20(19)27)22(25(30)26(28)31)24(29)18-12-13-21(17(4)15-18)32-16(2)3/h7-8,10-13,15-16,23,29H,5-6,9,14H2,1-4H3/b24-22+. The van der Waals surface area contributed by atoms with Gasteiger partial charge in [0.15, 0.2) is 0 Å². The van der Waals surface area contributed by atoms with Crippen LogP contribution in [0.25, 0.3) is 5.76 Å². The van der Waals surface area contributed by atoms with Crippen molar-refractivity contribution in [1.82, 2.24) is 4.90 Å². The number of nitrogens with zero attached hydrogens (tertiary/aromatic N) is 1. The van der Waals surface area contributed by atoms with Crippen LogP contribution in [-0.2, 0) is 9.59 Å². The van der Waals surface area contributed by atoms with E-state index < -0.39 is 23.5 Å². The number of aliphatic hydroxyl groups is 1. The quantitative estimate of drug-likeness (QED) is 0.254. The number of aryl methyl sites for hydroxylation is 1. The molecule has 1 aliphatic heterocycles. The van der Waals surface area contributed by atoms with Crippen molar-refractivity contribution in [1.29, 1.82) is 0 Å². The molecule has 2 aromatic carbocycles. The number of unbranched alkanes of at least 4 members (excludes halogenated alkanes) is 2. The molecule has 1 unspecified atom stereocenters. The molecule has 1 heterocycles. The maximum Gasteiger partial charge on any atom is 0.295 e. The van der Waals surface area contributed by atoms with Crippen molar-refractivity contribution in [2.75, 3.05) is 6.54 Å². The molecule has 1 amide bonds. The number of carbonyl (C=O) groups is 2. The number of ketones is 1. The number of amides is 1. The third kappa shape index (κ3) is 4.69. The molecule has 2 aromatic rings. The number of likely N-dealkylation sites (tertiary alicyclic amines) is 1. The molecule has 6 heteroatoms. The summed E-state index contributed by atoms with van der Waals surface area (Å²) in [5, 5.41) is 11.1. The van der Waals surface area contributed by atoms with Crippen LogP contribution in [0.3, 0.4) is 0 Å². The highest BCUT2D eigenvalue weighted by Crippen LogP contribution is 2.40. The molecule has 170 valence electrons. The summed E-state index contributed by atoms with van der Waals surface area (Å²) >= 11 is 0. The Kier molecular flexibility index (Phi) is 7.33. The molecule has 0 saturated carbocycles. The maximum atomic E-state index is 14.8. The van der Waals surface area contributed by atoms with Gasteiger partial charge in [0.2, 0.25) is 0 Å². The Bertz CT molecular complexity index is 1040. The Morgan fingerprint density at radius 1 is 1.16 bits per heavy atom. The summed E-state index contributed by atoms with van der Waals surface area (Å²) in [6.45, 7) is 8.03. The minimum absolute atomic E-state index is 0.0114. The normalized spacial score (nSPS) is 17.9. The van der Waals surface area contributed by atoms with E-state index in [4.69, 9.17) is 4.74 Å². The van der Waals surface area contributed by atoms with E-state index in [1.165, 1.54) is 11.0 Å². The first kappa shape index (κ1) is 23.5. The number of hydrogen-bond donors (Lipinski definition) is 1. The van der Waals surface area contributed by atoms with E-state index in [0.717, 1.165) is 18.4 Å². The summed E-state index contributed by atoms with van der Waals surface area (Å²) in [7, 11) is 0. The summed E-state index contributed by atoms with van der Waals surface area (Å²) in [5.41, 5.74) is 1.27. The Hall–Kier alpha value is -3.15. The number of ether oxygens (including phenoxy) is 1. The van der Waals surface area contributed by atoms with Gasteiger partial charge in [-0.05, 0) is 57.0 Å². The fraction of sp³-hybridized carbons (Fsp3) is 0.385. The van der Waals surface area contributed by atoms with Crippen molar-refractivity contribution in [2.24, 2.45) is 0 Å². The molecule has 3 rings (SSSR count). The van der Waals surface area contributed by atoms with E-state index in [2.05, 4.69) is 0 Å². The lowest BCUT2D eigenvalue weighted by molar-refractivity contribution is -0.139. The third-order valence-electron chi connectivity index (χ3n) is 5.55. The molecule has 32 heavy (non-hydrogen) atoms. The number of rotatable bonds is 8. The Morgan fingerprint density at radius 2 is 1.88 bits per heavy atom. The van der Waals surface area contributed by atoms with E-state index in [0.29, 0.717) is 24.3 Å². The number of Topliss-reactive ketones (excluding diaryl/α,β-unsaturated/α-hetero) is 1. The molecule has 0 spiro atoms. The van der Waals surface area contributed by atoms with Gasteiger partial charge in [0.1, 0.15) is 17.3 Å². The number of carbonyl (C=O) groups excluding carboxylic acids is 2. The zero-order valence-corrected chi connectivity index (χ0v) is 19.0. The maximum absolute atomic E-state index is 14.8. The first-order chi connectivity index (χ1) is 15.3. The second kappa shape index (κ2) is 9.98. The lowest BCUT2D eigenvalue weighted by Gasteiger charge is -2.25. The van der Waals surface area contributed by atoms with Crippen molar-refractivity contribution < 1.29 is 23.8 Å². The van der Waals surface area contributed by atoms with Gasteiger partial charge in [-0.3, -0.25) is 9.59 Å². The van der Waals surface area contributed by atoms with Gasteiger partial charge >= 0.3 is 0 Å². The number of benzene rings is 2. The Labute approximate surface area is 188 Å². The van der Waals surface area contributed by atoms with Crippen molar-refractivity contribution in [3.8, 4) is 5.75 Å². The average molecular weight is 440 g/mol. The summed E-state index contributed by atoms with van der Waals surface area (Å²) in [4.78, 5) is 27.3. The SMILES string of the molecule is CCCCCN1C(=O)C(=O)/C(=C(/O)c2ccc(OC(C)C)c(C)c2)C1c1ccccc1F. The number of halogens is 1. The van der Waals surface area contributed by atoms with Crippen LogP contribution in [0.1, 0.15) is 62.8 Å². The minimum Gasteiger partial charge on any atom is -0.507 e. The average Bonchev–Trinajstić information content (AvgIpc) is 3.00. The smallest absolute Gasteiger partial charge is 0.295 e. The molecule has 1 atom stereocenters. The van der Waals surface area contributed by atoms with Crippen molar-refractivity contribution in [3.63, 3.8) is 0 Å². The molecule has 5 nitrogen and oxygen atoms in total. The van der Waals surface area contributed by atoms with Crippen molar-refractivity contribution >= 4 is 17.4 Å². The van der Waals surface area contributed by atoms with Gasteiger partial charge in [-0.15, -0.1) is 0 Å². The molecule has 0 aromatic heterocycles. The van der Waals surface area contributed by atoms with Crippen LogP contribution in [0.4, 0.5) is 4.39 Å². The Morgan fingerprint density at radius 3 is 2.50 bits per heavy atom. The van der Waals surface area contributed by atoms with E-state index in [-0.39, 0.29) is 23.0 Å². The van der Waals surface area contributed by atoms with Gasteiger partial charge in [0, 0.05) is 17.7 Å². The van der Waals surface area contributed by atoms with Gasteiger partial charge in [0.25, 0.3) is 11.7 Å². The van der Waals surface area contributed by atoms with Gasteiger partial charge in [0.05, 0.1) is 17.7 Å². The van der Waals surface area contributed by atoms with Gasteiger partial charge < -0.3 is 14.7 Å². The van der Waals surface area contributed by atoms with Gasteiger partial charge in [-0.1, -0.05) is 38.0 Å². The van der Waals surface area contributed by atoms with Crippen LogP contribution in [0.15, 0.2) is 48.0 Å². The zero-order chi connectivity index (χ0) is 23.4. The highest BCUT2D eigenvalue weighted by molar-refractivity contribution is 6.46. The lowest BCUT2D eigenvalue weighted by Crippen LogP contribution is -2.31. The molecule has 0 aliphatic carbocycles. The largest absolute Gasteiger partial charge is 0.507 e. The van der Waals surface area contributed by atoms with E-state index in [1.54, 1.807) is 36.4 Å². The summed E-state index contributed by atoms with van der Waals surface area (Å²) < 4.78 is 20.5. The fourth-order valence-electron chi connectivity index (χ4n) is 4.00. The lowest BCUT2D eigenvalue weighted by atomic mass is 9.94. The summed E-state index contributed by atoms with van der Waals surface area (Å²) in [6.07, 6.45) is 2.50. The van der Waals surface area contributed by atoms with Crippen LogP contribution in [0.2, 0.25) is 0 Å². The fourth-order valence-corrected chi connectivity index (χ4v) is 4.00. The molecule has 1 aliphatic rings. The van der Waals surface area contributed by atoms with E-state index in [1.807, 2.05) is 27.7 Å². The highest BCUT2D eigenvalue weighted by Gasteiger charge is 2.46. The van der Waals surface area contributed by atoms with Crippen LogP contribution < -0.4 is 4.74 Å². The molecular weight excluding hydrogens is 409 g/mol. The monoisotopic (exact) mass is 439 g/mol. The molecule has 1 N–H and O–H groups in total. The molecule has 1 saturated heterocycles. The minimum atomic E-state index is -0.972. The molecule has 0 bridgehead atoms. The second-order valence-corrected chi connectivity index (χ2v) is 8.37. The summed E-state index contributed by atoms with van der Waals surface area (Å²) in [6, 6.07) is 10.2. The van der Waals surface area contributed by atoms with Crippen molar-refractivity contribution in [3.05, 3.63) is 70.5 Å². The highest BCUT2D eigenvalue weighted by atomic mass is 19.1. The zero-order valence-electron chi connectivity index (χ0n) is 19.0. The summed E-state index contributed by atoms with van der Waals surface area (Å²) in [5.74, 6) is -1.68. The van der Waals surface area contributed by atoms with Crippen LogP contribution >= 0.6 is 0 Å². The van der Waals surface area contributed by atoms with Crippen molar-refractivity contribution in [2.45, 2.75) is 59.1 Å². The van der Waals surface area contributed by atoms with Gasteiger partial charge in [-0.25, -0.2) is 4.39 Å². The van der Waals surface area contributed by atoms with Crippen LogP contribution in [-0.4, -0.2) is 34.3 Å². The third-order valence-corrected chi connectivity index (χ3v) is 5.55. The molecular formula is C26H30FNO4. The number of hydrogen-bond acceptors (Lipinski definition) is 4. The van der Waals surface area contributed by atoms with E-state index >= 15 is 0 Å². The van der Waals surface area contributed by atoms with Crippen LogP contribution in [0.5, 0.6) is 5.75 Å². The molecule has 1 fully saturated rings.